The molecule has 0 heterocycles. The smallest absolute Gasteiger partial charge is 0.0462 e. The molecule has 1 nitrogen and oxygen atoms in total. The van der Waals surface area contributed by atoms with Crippen molar-refractivity contribution in [3.05, 3.63) is 115 Å². The molecule has 0 aromatic heterocycles. The summed E-state index contributed by atoms with van der Waals surface area (Å²) in [5, 5.41) is 0. The SMILES string of the molecule is C.Cc1ccc(-c2ccc(N(c3ccccc3)c3ccccc3)cc2)cc1. The van der Waals surface area contributed by atoms with Gasteiger partial charge in [0.25, 0.3) is 0 Å². The van der Waals surface area contributed by atoms with Crippen LogP contribution in [0, 0.1) is 6.92 Å². The summed E-state index contributed by atoms with van der Waals surface area (Å²) in [6, 6.07) is 38.4. The van der Waals surface area contributed by atoms with Crippen molar-refractivity contribution in [2.75, 3.05) is 4.90 Å². The molecule has 0 fully saturated rings. The second-order valence-corrected chi connectivity index (χ2v) is 6.42. The zero-order chi connectivity index (χ0) is 17.8. The Hall–Kier alpha value is -3.32. The third-order valence-corrected chi connectivity index (χ3v) is 4.54. The molecule has 0 saturated heterocycles. The largest absolute Gasteiger partial charge is 0.311 e. The van der Waals surface area contributed by atoms with Crippen LogP contribution in [0.1, 0.15) is 13.0 Å². The van der Waals surface area contributed by atoms with Gasteiger partial charge in [0.2, 0.25) is 0 Å². The Morgan fingerprint density at radius 2 is 0.815 bits per heavy atom. The number of nitrogens with zero attached hydrogens (tertiary/aromatic N) is 1. The van der Waals surface area contributed by atoms with Gasteiger partial charge in [-0.2, -0.15) is 0 Å². The van der Waals surface area contributed by atoms with Gasteiger partial charge in [0.05, 0.1) is 0 Å². The second-order valence-electron chi connectivity index (χ2n) is 6.42. The maximum atomic E-state index is 2.28. The van der Waals surface area contributed by atoms with Crippen LogP contribution in [-0.2, 0) is 0 Å². The molecule has 0 spiro atoms. The Labute approximate surface area is 162 Å². The number of hydrogen-bond donors (Lipinski definition) is 0. The normalized spacial score (nSPS) is 10.1. The van der Waals surface area contributed by atoms with E-state index in [1.807, 2.05) is 12.1 Å². The Balaban J connectivity index is 0.00000210. The van der Waals surface area contributed by atoms with E-state index in [-0.39, 0.29) is 7.43 Å². The van der Waals surface area contributed by atoms with E-state index in [0.717, 1.165) is 17.1 Å². The Morgan fingerprint density at radius 1 is 0.444 bits per heavy atom. The van der Waals surface area contributed by atoms with Gasteiger partial charge in [0, 0.05) is 17.1 Å². The third kappa shape index (κ3) is 4.09. The van der Waals surface area contributed by atoms with Crippen LogP contribution in [-0.4, -0.2) is 0 Å². The lowest BCUT2D eigenvalue weighted by molar-refractivity contribution is 1.28. The lowest BCUT2D eigenvalue weighted by Gasteiger charge is -2.25. The van der Waals surface area contributed by atoms with Crippen molar-refractivity contribution in [2.24, 2.45) is 0 Å². The van der Waals surface area contributed by atoms with Crippen molar-refractivity contribution in [1.29, 1.82) is 0 Å². The van der Waals surface area contributed by atoms with Crippen LogP contribution in [0.3, 0.4) is 0 Å². The summed E-state index contributed by atoms with van der Waals surface area (Å²) in [5.74, 6) is 0. The molecule has 4 aromatic rings. The topological polar surface area (TPSA) is 3.24 Å². The first-order valence-corrected chi connectivity index (χ1v) is 8.88. The second kappa shape index (κ2) is 8.37. The predicted molar refractivity (Wildman–Crippen MR) is 118 cm³/mol. The van der Waals surface area contributed by atoms with E-state index in [9.17, 15) is 0 Å². The first-order valence-electron chi connectivity index (χ1n) is 8.88. The van der Waals surface area contributed by atoms with Gasteiger partial charge in [-0.1, -0.05) is 85.8 Å². The molecule has 0 N–H and O–H groups in total. The van der Waals surface area contributed by atoms with Gasteiger partial charge < -0.3 is 4.90 Å². The number of para-hydroxylation sites is 2. The van der Waals surface area contributed by atoms with Gasteiger partial charge in [-0.3, -0.25) is 0 Å². The molecule has 1 heteroatoms. The predicted octanol–water partition coefficient (Wildman–Crippen LogP) is 7.77. The van der Waals surface area contributed by atoms with Crippen molar-refractivity contribution in [2.45, 2.75) is 14.4 Å². The number of benzene rings is 4. The highest BCUT2D eigenvalue weighted by molar-refractivity contribution is 5.78. The van der Waals surface area contributed by atoms with E-state index in [1.165, 1.54) is 16.7 Å². The highest BCUT2D eigenvalue weighted by Crippen LogP contribution is 2.35. The summed E-state index contributed by atoms with van der Waals surface area (Å²) in [6.45, 7) is 2.12. The molecule has 27 heavy (non-hydrogen) atoms. The number of anilines is 3. The minimum Gasteiger partial charge on any atom is -0.311 e. The summed E-state index contributed by atoms with van der Waals surface area (Å²) >= 11 is 0. The van der Waals surface area contributed by atoms with E-state index < -0.39 is 0 Å². The zero-order valence-corrected chi connectivity index (χ0v) is 14.8. The molecule has 134 valence electrons. The Morgan fingerprint density at radius 3 is 1.26 bits per heavy atom. The minimum atomic E-state index is 0. The van der Waals surface area contributed by atoms with E-state index >= 15 is 0 Å². The molecule has 0 saturated carbocycles. The zero-order valence-electron chi connectivity index (χ0n) is 14.8. The van der Waals surface area contributed by atoms with E-state index in [4.69, 9.17) is 0 Å². The lowest BCUT2D eigenvalue weighted by Crippen LogP contribution is -2.09. The summed E-state index contributed by atoms with van der Waals surface area (Å²) in [7, 11) is 0. The van der Waals surface area contributed by atoms with Gasteiger partial charge in [-0.25, -0.2) is 0 Å². The highest BCUT2D eigenvalue weighted by atomic mass is 15.1. The standard InChI is InChI=1S/C25H21N.CH4/c1-20-12-14-21(15-13-20)22-16-18-25(19-17-22)26(23-8-4-2-5-9-23)24-10-6-3-7-11-24;/h2-19H,1H3;1H4. The molecule has 0 atom stereocenters. The van der Waals surface area contributed by atoms with Crippen LogP contribution >= 0.6 is 0 Å². The van der Waals surface area contributed by atoms with Crippen molar-refractivity contribution in [3.8, 4) is 11.1 Å². The van der Waals surface area contributed by atoms with Gasteiger partial charge in [0.1, 0.15) is 0 Å². The molecular weight excluding hydrogens is 326 g/mol. The van der Waals surface area contributed by atoms with Crippen molar-refractivity contribution >= 4 is 17.1 Å². The third-order valence-electron chi connectivity index (χ3n) is 4.54. The first-order chi connectivity index (χ1) is 12.8. The molecule has 0 amide bonds. The van der Waals surface area contributed by atoms with E-state index in [2.05, 4.69) is 109 Å². The van der Waals surface area contributed by atoms with Gasteiger partial charge in [-0.15, -0.1) is 0 Å². The molecule has 0 aliphatic carbocycles. The average molecular weight is 351 g/mol. The Bertz CT molecular complexity index is 917. The van der Waals surface area contributed by atoms with Gasteiger partial charge in [0.15, 0.2) is 0 Å². The van der Waals surface area contributed by atoms with Crippen LogP contribution in [0.5, 0.6) is 0 Å². The molecule has 0 aliphatic heterocycles. The molecule has 0 bridgehead atoms. The molecular formula is C26H25N. The fourth-order valence-electron chi connectivity index (χ4n) is 3.15. The summed E-state index contributed by atoms with van der Waals surface area (Å²) in [6.07, 6.45) is 0. The average Bonchev–Trinajstić information content (AvgIpc) is 2.71. The maximum Gasteiger partial charge on any atom is 0.0462 e. The number of aryl methyl sites for hydroxylation is 1. The fourth-order valence-corrected chi connectivity index (χ4v) is 3.15. The molecule has 4 rings (SSSR count). The summed E-state index contributed by atoms with van der Waals surface area (Å²) in [5.41, 5.74) is 7.22. The highest BCUT2D eigenvalue weighted by Gasteiger charge is 2.11. The van der Waals surface area contributed by atoms with Crippen molar-refractivity contribution in [3.63, 3.8) is 0 Å². The number of hydrogen-bond acceptors (Lipinski definition) is 1. The van der Waals surface area contributed by atoms with Crippen LogP contribution in [0.4, 0.5) is 17.1 Å². The van der Waals surface area contributed by atoms with E-state index in [0.29, 0.717) is 0 Å². The monoisotopic (exact) mass is 351 g/mol. The van der Waals surface area contributed by atoms with Crippen molar-refractivity contribution in [1.82, 2.24) is 0 Å². The molecule has 0 radical (unpaired) electrons. The maximum absolute atomic E-state index is 2.28. The quantitative estimate of drug-likeness (QED) is 0.363. The lowest BCUT2D eigenvalue weighted by atomic mass is 10.0. The summed E-state index contributed by atoms with van der Waals surface area (Å²) in [4.78, 5) is 2.28. The summed E-state index contributed by atoms with van der Waals surface area (Å²) < 4.78 is 0. The van der Waals surface area contributed by atoms with Crippen LogP contribution < -0.4 is 4.90 Å². The van der Waals surface area contributed by atoms with Crippen LogP contribution in [0.25, 0.3) is 11.1 Å². The van der Waals surface area contributed by atoms with Gasteiger partial charge in [-0.05, 0) is 54.4 Å². The molecule has 0 unspecified atom stereocenters. The van der Waals surface area contributed by atoms with E-state index in [1.54, 1.807) is 0 Å². The first kappa shape index (κ1) is 18.5. The Kier molecular flexibility index (Phi) is 5.73. The number of rotatable bonds is 4. The molecule has 0 aliphatic rings. The van der Waals surface area contributed by atoms with Gasteiger partial charge >= 0.3 is 0 Å². The fraction of sp³-hybridized carbons (Fsp3) is 0.0769. The van der Waals surface area contributed by atoms with Crippen molar-refractivity contribution < 1.29 is 0 Å². The minimum absolute atomic E-state index is 0. The van der Waals surface area contributed by atoms with Crippen LogP contribution in [0.2, 0.25) is 0 Å². The molecule has 4 aromatic carbocycles. The van der Waals surface area contributed by atoms with Crippen LogP contribution in [0.15, 0.2) is 109 Å².